The van der Waals surface area contributed by atoms with E-state index in [-0.39, 0.29) is 17.7 Å². The molecule has 1 N–H and O–H groups in total. The highest BCUT2D eigenvalue weighted by molar-refractivity contribution is 7.89. The van der Waals surface area contributed by atoms with E-state index in [1.165, 1.54) is 0 Å². The SMILES string of the molecule is CCS(=O)(=O)NC(c1cncc(-c2ccc(C#N)c(Cl)c2)c1)C1CCCC1. The fraction of sp³-hybridized carbons (Fsp3) is 0.400. The third-order valence-corrected chi connectivity index (χ3v) is 6.79. The zero-order chi connectivity index (χ0) is 19.4. The maximum Gasteiger partial charge on any atom is 0.211 e. The molecule has 1 saturated carbocycles. The molecular formula is C20H22ClN3O2S. The van der Waals surface area contributed by atoms with Gasteiger partial charge in [-0.25, -0.2) is 13.1 Å². The maximum absolute atomic E-state index is 12.2. The molecule has 5 nitrogen and oxygen atoms in total. The molecule has 0 radical (unpaired) electrons. The average molecular weight is 404 g/mol. The van der Waals surface area contributed by atoms with Crippen molar-refractivity contribution in [3.63, 3.8) is 0 Å². The van der Waals surface area contributed by atoms with Crippen LogP contribution < -0.4 is 4.72 Å². The van der Waals surface area contributed by atoms with E-state index in [9.17, 15) is 8.42 Å². The van der Waals surface area contributed by atoms with Crippen LogP contribution in [0.1, 0.15) is 49.8 Å². The summed E-state index contributed by atoms with van der Waals surface area (Å²) >= 11 is 6.16. The summed E-state index contributed by atoms with van der Waals surface area (Å²) in [6.07, 6.45) is 7.70. The summed E-state index contributed by atoms with van der Waals surface area (Å²) in [7, 11) is -3.33. The van der Waals surface area contributed by atoms with Gasteiger partial charge in [0, 0.05) is 18.0 Å². The van der Waals surface area contributed by atoms with Gasteiger partial charge in [0.05, 0.1) is 22.4 Å². The molecule has 1 aromatic heterocycles. The third-order valence-electron chi connectivity index (χ3n) is 5.10. The Bertz CT molecular complexity index is 963. The Morgan fingerprint density at radius 3 is 2.63 bits per heavy atom. The van der Waals surface area contributed by atoms with E-state index in [0.29, 0.717) is 10.6 Å². The van der Waals surface area contributed by atoms with Crippen molar-refractivity contribution in [2.24, 2.45) is 5.92 Å². The Balaban J connectivity index is 1.98. The van der Waals surface area contributed by atoms with E-state index in [4.69, 9.17) is 16.9 Å². The zero-order valence-electron chi connectivity index (χ0n) is 15.2. The molecule has 0 spiro atoms. The van der Waals surface area contributed by atoms with Crippen molar-refractivity contribution in [2.45, 2.75) is 38.6 Å². The summed E-state index contributed by atoms with van der Waals surface area (Å²) in [5.41, 5.74) is 2.97. The van der Waals surface area contributed by atoms with Crippen molar-refractivity contribution >= 4 is 21.6 Å². The lowest BCUT2D eigenvalue weighted by Crippen LogP contribution is -2.33. The molecule has 1 unspecified atom stereocenters. The van der Waals surface area contributed by atoms with Crippen molar-refractivity contribution in [3.05, 3.63) is 52.8 Å². The van der Waals surface area contributed by atoms with E-state index in [2.05, 4.69) is 9.71 Å². The molecule has 1 fully saturated rings. The molecule has 1 heterocycles. The predicted molar refractivity (Wildman–Crippen MR) is 107 cm³/mol. The van der Waals surface area contributed by atoms with Gasteiger partial charge in [0.2, 0.25) is 10.0 Å². The smallest absolute Gasteiger partial charge is 0.211 e. The quantitative estimate of drug-likeness (QED) is 0.772. The van der Waals surface area contributed by atoms with Gasteiger partial charge in [-0.2, -0.15) is 5.26 Å². The summed E-state index contributed by atoms with van der Waals surface area (Å²) in [6.45, 7) is 1.64. The number of nitriles is 1. The molecule has 1 aromatic carbocycles. The minimum Gasteiger partial charge on any atom is -0.264 e. The Kier molecular flexibility index (Phi) is 6.15. The first-order valence-electron chi connectivity index (χ1n) is 9.08. The van der Waals surface area contributed by atoms with Crippen molar-refractivity contribution in [2.75, 3.05) is 5.75 Å². The standard InChI is InChI=1S/C20H22ClN3O2S/c1-2-27(25,26)24-20(14-5-3-4-6-14)18-9-17(12-23-13-18)15-7-8-16(11-22)19(21)10-15/h7-10,12-14,20,24H,2-6H2,1H3. The van der Waals surface area contributed by atoms with Crippen LogP contribution in [0.5, 0.6) is 0 Å². The highest BCUT2D eigenvalue weighted by Gasteiger charge is 2.29. The minimum atomic E-state index is -3.33. The van der Waals surface area contributed by atoms with E-state index < -0.39 is 10.0 Å². The fourth-order valence-corrected chi connectivity index (χ4v) is 4.68. The van der Waals surface area contributed by atoms with Crippen molar-refractivity contribution < 1.29 is 8.42 Å². The van der Waals surface area contributed by atoms with E-state index in [0.717, 1.165) is 42.4 Å². The molecular weight excluding hydrogens is 382 g/mol. The highest BCUT2D eigenvalue weighted by Crippen LogP contribution is 2.37. The van der Waals surface area contributed by atoms with Gasteiger partial charge in [0.15, 0.2) is 0 Å². The lowest BCUT2D eigenvalue weighted by molar-refractivity contribution is 0.410. The van der Waals surface area contributed by atoms with Gasteiger partial charge in [-0.1, -0.05) is 30.5 Å². The van der Waals surface area contributed by atoms with Crippen LogP contribution in [0.2, 0.25) is 5.02 Å². The molecule has 27 heavy (non-hydrogen) atoms. The lowest BCUT2D eigenvalue weighted by atomic mass is 9.92. The molecule has 0 saturated heterocycles. The van der Waals surface area contributed by atoms with Crippen molar-refractivity contribution in [3.8, 4) is 17.2 Å². The maximum atomic E-state index is 12.2. The number of nitrogens with one attached hydrogen (secondary N) is 1. The number of nitrogens with zero attached hydrogens (tertiary/aromatic N) is 2. The Hall–Kier alpha value is -1.94. The van der Waals surface area contributed by atoms with E-state index in [1.807, 2.05) is 18.2 Å². The summed E-state index contributed by atoms with van der Waals surface area (Å²) in [5, 5.41) is 9.43. The van der Waals surface area contributed by atoms with Gasteiger partial charge in [-0.15, -0.1) is 0 Å². The Morgan fingerprint density at radius 1 is 1.26 bits per heavy atom. The lowest BCUT2D eigenvalue weighted by Gasteiger charge is -2.25. The topological polar surface area (TPSA) is 82.8 Å². The zero-order valence-corrected chi connectivity index (χ0v) is 16.7. The van der Waals surface area contributed by atoms with E-state index >= 15 is 0 Å². The normalized spacial score (nSPS) is 16.2. The number of aromatic nitrogens is 1. The first-order valence-corrected chi connectivity index (χ1v) is 11.1. The second-order valence-electron chi connectivity index (χ2n) is 6.86. The number of pyridine rings is 1. The van der Waals surface area contributed by atoms with Crippen LogP contribution in [0.4, 0.5) is 0 Å². The van der Waals surface area contributed by atoms with Crippen LogP contribution in [0, 0.1) is 17.2 Å². The molecule has 3 rings (SSSR count). The molecule has 0 amide bonds. The summed E-state index contributed by atoms with van der Waals surface area (Å²) < 4.78 is 27.3. The van der Waals surface area contributed by atoms with Crippen LogP contribution in [0.25, 0.3) is 11.1 Å². The Labute approximate surface area is 165 Å². The molecule has 0 bridgehead atoms. The number of benzene rings is 1. The van der Waals surface area contributed by atoms with Crippen LogP contribution in [-0.4, -0.2) is 19.2 Å². The molecule has 1 aliphatic rings. The molecule has 0 aliphatic heterocycles. The minimum absolute atomic E-state index is 0.0502. The molecule has 2 aromatic rings. The average Bonchev–Trinajstić information content (AvgIpc) is 3.21. The van der Waals surface area contributed by atoms with Gasteiger partial charge in [0.1, 0.15) is 6.07 Å². The second-order valence-corrected chi connectivity index (χ2v) is 9.31. The van der Waals surface area contributed by atoms with Gasteiger partial charge in [-0.3, -0.25) is 4.98 Å². The van der Waals surface area contributed by atoms with Crippen molar-refractivity contribution in [1.82, 2.24) is 9.71 Å². The number of sulfonamides is 1. The highest BCUT2D eigenvalue weighted by atomic mass is 35.5. The summed E-state index contributed by atoms with van der Waals surface area (Å²) in [4.78, 5) is 4.34. The van der Waals surface area contributed by atoms with Gasteiger partial charge < -0.3 is 0 Å². The van der Waals surface area contributed by atoms with Crippen molar-refractivity contribution in [1.29, 1.82) is 5.26 Å². The van der Waals surface area contributed by atoms with Crippen LogP contribution >= 0.6 is 11.6 Å². The molecule has 1 atom stereocenters. The number of hydrogen-bond donors (Lipinski definition) is 1. The summed E-state index contributed by atoms with van der Waals surface area (Å²) in [5.74, 6) is 0.321. The number of hydrogen-bond acceptors (Lipinski definition) is 4. The largest absolute Gasteiger partial charge is 0.264 e. The molecule has 142 valence electrons. The van der Waals surface area contributed by atoms with Gasteiger partial charge in [-0.05, 0) is 55.0 Å². The van der Waals surface area contributed by atoms with Crippen LogP contribution in [0.15, 0.2) is 36.7 Å². The molecule has 1 aliphatic carbocycles. The predicted octanol–water partition coefficient (Wildman–Crippen LogP) is 4.44. The summed E-state index contributed by atoms with van der Waals surface area (Å²) in [6, 6.07) is 8.98. The third kappa shape index (κ3) is 4.67. The van der Waals surface area contributed by atoms with Crippen LogP contribution in [0.3, 0.4) is 0 Å². The number of halogens is 1. The first kappa shape index (κ1) is 19.8. The monoisotopic (exact) mass is 403 g/mol. The Morgan fingerprint density at radius 2 is 2.00 bits per heavy atom. The fourth-order valence-electron chi connectivity index (χ4n) is 3.57. The molecule has 7 heteroatoms. The van der Waals surface area contributed by atoms with E-state index in [1.54, 1.807) is 31.5 Å². The van der Waals surface area contributed by atoms with Gasteiger partial charge >= 0.3 is 0 Å². The van der Waals surface area contributed by atoms with Crippen LogP contribution in [-0.2, 0) is 10.0 Å². The van der Waals surface area contributed by atoms with Gasteiger partial charge in [0.25, 0.3) is 0 Å². The first-order chi connectivity index (χ1) is 12.9. The second kappa shape index (κ2) is 8.39. The number of rotatable bonds is 6.